The van der Waals surface area contributed by atoms with Crippen molar-refractivity contribution < 1.29 is 44.6 Å². The third kappa shape index (κ3) is 3.18. The summed E-state index contributed by atoms with van der Waals surface area (Å²) in [4.78, 5) is 50.5. The fourth-order valence-electron chi connectivity index (χ4n) is 4.34. The van der Waals surface area contributed by atoms with Crippen molar-refractivity contribution in [3.63, 3.8) is 0 Å². The Hall–Kier alpha value is -3.46. The number of rotatable bonds is 6. The predicted octanol–water partition coefficient (Wildman–Crippen LogP) is -0.157. The molecule has 0 bridgehead atoms. The molecule has 176 valence electrons. The van der Waals surface area contributed by atoms with Crippen LogP contribution >= 0.6 is 0 Å². The number of carbonyl (C=O) groups is 4. The third-order valence-electron chi connectivity index (χ3n) is 5.90. The molecule has 0 radical (unpaired) electrons. The molecule has 2 aliphatic heterocycles. The van der Waals surface area contributed by atoms with Crippen molar-refractivity contribution in [2.75, 3.05) is 0 Å². The van der Waals surface area contributed by atoms with Crippen LogP contribution < -0.4 is 0 Å². The maximum Gasteiger partial charge on any atom is 0.318 e. The number of benzene rings is 2. The maximum absolute atomic E-state index is 12.8. The zero-order valence-electron chi connectivity index (χ0n) is 16.9. The van der Waals surface area contributed by atoms with Gasteiger partial charge in [0.15, 0.2) is 0 Å². The van der Waals surface area contributed by atoms with E-state index in [0.717, 1.165) is 0 Å². The van der Waals surface area contributed by atoms with Crippen LogP contribution in [0.5, 0.6) is 0 Å². The van der Waals surface area contributed by atoms with Crippen LogP contribution in [-0.4, -0.2) is 50.6 Å². The highest BCUT2D eigenvalue weighted by atomic mass is 32.2. The van der Waals surface area contributed by atoms with Crippen LogP contribution in [0.3, 0.4) is 0 Å². The summed E-state index contributed by atoms with van der Waals surface area (Å²) < 4.78 is 59.2. The number of carbonyl (C=O) groups excluding carboxylic acids is 4. The van der Waals surface area contributed by atoms with Gasteiger partial charge in [0.05, 0.1) is 33.5 Å². The molecule has 0 N–H and O–H groups in total. The average molecular weight is 506 g/mol. The van der Waals surface area contributed by atoms with Crippen molar-refractivity contribution in [2.45, 2.75) is 9.79 Å². The van der Waals surface area contributed by atoms with E-state index < -0.39 is 67.5 Å². The molecule has 0 unspecified atom stereocenters. The lowest BCUT2D eigenvalue weighted by Crippen LogP contribution is -2.50. The number of hydrogen-bond donors (Lipinski definition) is 0. The van der Waals surface area contributed by atoms with E-state index in [1.807, 2.05) is 0 Å². The number of nitrogens with zero attached hydrogens (tertiary/aromatic N) is 2. The number of imide groups is 2. The first kappa shape index (κ1) is 22.3. The molecule has 12 nitrogen and oxygen atoms in total. The molecule has 14 heteroatoms. The zero-order valence-corrected chi connectivity index (χ0v) is 18.5. The summed E-state index contributed by atoms with van der Waals surface area (Å²) in [5.41, 5.74) is 0. The fourth-order valence-corrected chi connectivity index (χ4v) is 6.18. The molecule has 1 saturated carbocycles. The fraction of sp³-hybridized carbons (Fsp3) is 0.200. The van der Waals surface area contributed by atoms with Gasteiger partial charge in [-0.25, -0.2) is 0 Å². The SMILES string of the molecule is O=C1C2C(C(=O)N1OS(=O)(=O)c1ccccc1)C1C(=O)N(OS(=O)(=O)c3ccccc3)C(=O)C21. The first-order chi connectivity index (χ1) is 16.0. The lowest BCUT2D eigenvalue weighted by molar-refractivity contribution is -0.169. The van der Waals surface area contributed by atoms with E-state index in [4.69, 9.17) is 8.57 Å². The Kier molecular flexibility index (Phi) is 4.95. The van der Waals surface area contributed by atoms with Gasteiger partial charge in [0.25, 0.3) is 23.6 Å². The first-order valence-electron chi connectivity index (χ1n) is 9.79. The summed E-state index contributed by atoms with van der Waals surface area (Å²) in [5.74, 6) is -10.0. The number of hydroxylamine groups is 4. The minimum Gasteiger partial charge on any atom is -0.272 e. The molecule has 0 atom stereocenters. The standard InChI is InChI=1S/C20H14N2O10S2/c23-17-13-14(18(24)21(17)31-33(27,28)11-7-3-1-4-8-11)16-15(13)19(25)22(20(16)26)32-34(29,30)12-9-5-2-6-10-12/h1-10,13-16H. The van der Waals surface area contributed by atoms with Crippen LogP contribution in [0.1, 0.15) is 0 Å². The maximum atomic E-state index is 12.8. The number of amides is 4. The summed E-state index contributed by atoms with van der Waals surface area (Å²) in [6.07, 6.45) is 0. The van der Waals surface area contributed by atoms with E-state index in [1.54, 1.807) is 12.1 Å². The van der Waals surface area contributed by atoms with Crippen LogP contribution in [-0.2, 0) is 48.0 Å². The van der Waals surface area contributed by atoms with Crippen LogP contribution in [0.4, 0.5) is 0 Å². The summed E-state index contributed by atoms with van der Waals surface area (Å²) >= 11 is 0. The van der Waals surface area contributed by atoms with Crippen LogP contribution in [0, 0.1) is 23.7 Å². The number of hydrogen-bond acceptors (Lipinski definition) is 10. The van der Waals surface area contributed by atoms with Gasteiger partial charge in [-0.05, 0) is 24.3 Å². The van der Waals surface area contributed by atoms with Crippen LogP contribution in [0.15, 0.2) is 70.5 Å². The van der Waals surface area contributed by atoms with Gasteiger partial charge in [-0.3, -0.25) is 19.2 Å². The van der Waals surface area contributed by atoms with E-state index in [2.05, 4.69) is 0 Å². The minimum absolute atomic E-state index is 0.0441. The van der Waals surface area contributed by atoms with E-state index in [0.29, 0.717) is 0 Å². The van der Waals surface area contributed by atoms with Crippen molar-refractivity contribution >= 4 is 43.9 Å². The van der Waals surface area contributed by atoms with Gasteiger partial charge >= 0.3 is 20.2 Å². The first-order valence-corrected chi connectivity index (χ1v) is 12.6. The van der Waals surface area contributed by atoms with E-state index in [-0.39, 0.29) is 19.9 Å². The smallest absolute Gasteiger partial charge is 0.272 e. The van der Waals surface area contributed by atoms with Gasteiger partial charge in [-0.1, -0.05) is 36.4 Å². The van der Waals surface area contributed by atoms with E-state index >= 15 is 0 Å². The Labute approximate surface area is 192 Å². The summed E-state index contributed by atoms with van der Waals surface area (Å²) in [5, 5.41) is 0.0882. The second kappa shape index (κ2) is 7.53. The molecule has 2 aromatic carbocycles. The molecule has 0 aromatic heterocycles. The van der Waals surface area contributed by atoms with Gasteiger partial charge in [0, 0.05) is 0 Å². The van der Waals surface area contributed by atoms with Crippen molar-refractivity contribution in [3.8, 4) is 0 Å². The van der Waals surface area contributed by atoms with Gasteiger partial charge in [-0.15, -0.1) is 18.7 Å². The Morgan fingerprint density at radius 3 is 1.03 bits per heavy atom. The molecule has 1 aliphatic carbocycles. The molecule has 34 heavy (non-hydrogen) atoms. The van der Waals surface area contributed by atoms with E-state index in [1.165, 1.54) is 48.5 Å². The predicted molar refractivity (Wildman–Crippen MR) is 107 cm³/mol. The molecular formula is C20H14N2O10S2. The normalized spacial score (nSPS) is 26.5. The average Bonchev–Trinajstić information content (AvgIpc) is 3.10. The quantitative estimate of drug-likeness (QED) is 0.482. The molecular weight excluding hydrogens is 492 g/mol. The Morgan fingerprint density at radius 1 is 0.500 bits per heavy atom. The molecule has 3 fully saturated rings. The Bertz CT molecular complexity index is 1280. The summed E-state index contributed by atoms with van der Waals surface area (Å²) in [7, 11) is -9.09. The van der Waals surface area contributed by atoms with Gasteiger partial charge in [0.1, 0.15) is 0 Å². The van der Waals surface area contributed by atoms with Gasteiger partial charge < -0.3 is 0 Å². The van der Waals surface area contributed by atoms with Gasteiger partial charge in [0.2, 0.25) is 0 Å². The van der Waals surface area contributed by atoms with E-state index in [9.17, 15) is 36.0 Å². The van der Waals surface area contributed by atoms with Crippen molar-refractivity contribution in [1.29, 1.82) is 0 Å². The number of fused-ring (bicyclic) bond motifs is 4. The lowest BCUT2D eigenvalue weighted by atomic mass is 9.59. The second-order valence-electron chi connectivity index (χ2n) is 7.73. The molecule has 2 heterocycles. The van der Waals surface area contributed by atoms with Crippen LogP contribution in [0.25, 0.3) is 0 Å². The molecule has 3 aliphatic rings. The van der Waals surface area contributed by atoms with Crippen molar-refractivity contribution in [2.24, 2.45) is 23.7 Å². The monoisotopic (exact) mass is 506 g/mol. The Morgan fingerprint density at radius 2 is 0.765 bits per heavy atom. The second-order valence-corrected chi connectivity index (χ2v) is 10.8. The largest absolute Gasteiger partial charge is 0.318 e. The highest BCUT2D eigenvalue weighted by molar-refractivity contribution is 7.87. The topological polar surface area (TPSA) is 161 Å². The highest BCUT2D eigenvalue weighted by Gasteiger charge is 2.75. The van der Waals surface area contributed by atoms with Crippen molar-refractivity contribution in [3.05, 3.63) is 60.7 Å². The summed E-state index contributed by atoms with van der Waals surface area (Å²) in [6, 6.07) is 13.5. The third-order valence-corrected chi connectivity index (χ3v) is 8.29. The summed E-state index contributed by atoms with van der Waals surface area (Å²) in [6.45, 7) is 0. The molecule has 2 saturated heterocycles. The van der Waals surface area contributed by atoms with Crippen LogP contribution in [0.2, 0.25) is 0 Å². The zero-order chi connectivity index (χ0) is 24.4. The molecule has 4 amide bonds. The highest BCUT2D eigenvalue weighted by Crippen LogP contribution is 2.56. The Balaban J connectivity index is 1.37. The lowest BCUT2D eigenvalue weighted by Gasteiger charge is -2.35. The van der Waals surface area contributed by atoms with Crippen molar-refractivity contribution in [1.82, 2.24) is 10.1 Å². The molecule has 2 aromatic rings. The molecule has 0 spiro atoms. The van der Waals surface area contributed by atoms with Gasteiger partial charge in [-0.2, -0.15) is 16.8 Å². The molecule has 5 rings (SSSR count). The minimum atomic E-state index is -4.54.